The number of benzene rings is 2. The maximum atomic E-state index is 12.2. The SMILES string of the molecule is Cc1ccccc1OCC(=O)NC(C)C(=O)N/N=C/c1ccc(-c2ccc(Cl)c(C(=O)O)c2)o1. The van der Waals surface area contributed by atoms with Crippen molar-refractivity contribution in [3.8, 4) is 17.1 Å². The summed E-state index contributed by atoms with van der Waals surface area (Å²) in [7, 11) is 0. The summed E-state index contributed by atoms with van der Waals surface area (Å²) >= 11 is 5.88. The van der Waals surface area contributed by atoms with Crippen molar-refractivity contribution in [2.45, 2.75) is 19.9 Å². The third-order valence-electron chi connectivity index (χ3n) is 4.70. The second kappa shape index (κ2) is 11.2. The number of nitrogens with one attached hydrogen (secondary N) is 2. The molecule has 9 nitrogen and oxygen atoms in total. The predicted octanol–water partition coefficient (Wildman–Crippen LogP) is 3.64. The number of nitrogens with zero attached hydrogens (tertiary/aromatic N) is 1. The van der Waals surface area contributed by atoms with Gasteiger partial charge in [0.05, 0.1) is 16.8 Å². The maximum absolute atomic E-state index is 12.2. The molecule has 2 aromatic carbocycles. The van der Waals surface area contributed by atoms with E-state index in [4.69, 9.17) is 20.8 Å². The molecule has 0 bridgehead atoms. The van der Waals surface area contributed by atoms with E-state index >= 15 is 0 Å². The summed E-state index contributed by atoms with van der Waals surface area (Å²) in [6.07, 6.45) is 1.28. The predicted molar refractivity (Wildman–Crippen MR) is 126 cm³/mol. The summed E-state index contributed by atoms with van der Waals surface area (Å²) in [5.74, 6) is -0.808. The first-order valence-electron chi connectivity index (χ1n) is 10.2. The average Bonchev–Trinajstić information content (AvgIpc) is 3.27. The van der Waals surface area contributed by atoms with Gasteiger partial charge in [-0.1, -0.05) is 29.8 Å². The van der Waals surface area contributed by atoms with Crippen molar-refractivity contribution in [2.75, 3.05) is 6.61 Å². The molecule has 0 fully saturated rings. The molecule has 1 unspecified atom stereocenters. The van der Waals surface area contributed by atoms with Crippen LogP contribution in [0.15, 0.2) is 64.1 Å². The van der Waals surface area contributed by atoms with Gasteiger partial charge in [0.1, 0.15) is 23.3 Å². The van der Waals surface area contributed by atoms with Crippen LogP contribution in [-0.2, 0) is 9.59 Å². The fourth-order valence-corrected chi connectivity index (χ4v) is 3.08. The Labute approximate surface area is 200 Å². The van der Waals surface area contributed by atoms with Gasteiger partial charge in [-0.05, 0) is 55.8 Å². The fraction of sp³-hybridized carbons (Fsp3) is 0.167. The highest BCUT2D eigenvalue weighted by Gasteiger charge is 2.16. The number of hydrogen-bond donors (Lipinski definition) is 3. The molecule has 1 atom stereocenters. The van der Waals surface area contributed by atoms with Crippen LogP contribution in [0.1, 0.15) is 28.6 Å². The molecule has 1 heterocycles. The van der Waals surface area contributed by atoms with Crippen LogP contribution in [-0.4, -0.2) is 41.8 Å². The maximum Gasteiger partial charge on any atom is 0.337 e. The molecular formula is C24H22ClN3O6. The van der Waals surface area contributed by atoms with Gasteiger partial charge in [-0.3, -0.25) is 9.59 Å². The average molecular weight is 484 g/mol. The van der Waals surface area contributed by atoms with E-state index in [-0.39, 0.29) is 17.2 Å². The van der Waals surface area contributed by atoms with Gasteiger partial charge in [0.15, 0.2) is 6.61 Å². The molecule has 0 saturated heterocycles. The van der Waals surface area contributed by atoms with Gasteiger partial charge in [-0.15, -0.1) is 0 Å². The Balaban J connectivity index is 1.50. The van der Waals surface area contributed by atoms with Crippen molar-refractivity contribution in [1.82, 2.24) is 10.7 Å². The molecule has 2 amide bonds. The van der Waals surface area contributed by atoms with Crippen molar-refractivity contribution < 1.29 is 28.6 Å². The molecule has 3 N–H and O–H groups in total. The molecule has 0 aliphatic carbocycles. The molecule has 3 aromatic rings. The van der Waals surface area contributed by atoms with Crippen LogP contribution in [0.2, 0.25) is 5.02 Å². The number of halogens is 1. The molecule has 176 valence electrons. The summed E-state index contributed by atoms with van der Waals surface area (Å²) in [4.78, 5) is 35.5. The van der Waals surface area contributed by atoms with Crippen LogP contribution in [0.3, 0.4) is 0 Å². The summed E-state index contributed by atoms with van der Waals surface area (Å²) in [6.45, 7) is 3.16. The Kier molecular flexibility index (Phi) is 8.05. The molecular weight excluding hydrogens is 462 g/mol. The number of ether oxygens (including phenoxy) is 1. The quantitative estimate of drug-likeness (QED) is 0.314. The van der Waals surface area contributed by atoms with E-state index in [0.29, 0.717) is 22.8 Å². The third-order valence-corrected chi connectivity index (χ3v) is 5.03. The minimum absolute atomic E-state index is 0.0432. The van der Waals surface area contributed by atoms with Gasteiger partial charge < -0.3 is 19.6 Å². The Morgan fingerprint density at radius 3 is 2.68 bits per heavy atom. The van der Waals surface area contributed by atoms with E-state index in [9.17, 15) is 19.5 Å². The van der Waals surface area contributed by atoms with Gasteiger partial charge in [-0.2, -0.15) is 5.10 Å². The zero-order valence-corrected chi connectivity index (χ0v) is 19.1. The van der Waals surface area contributed by atoms with Crippen molar-refractivity contribution in [1.29, 1.82) is 0 Å². The van der Waals surface area contributed by atoms with Crippen molar-refractivity contribution >= 4 is 35.6 Å². The zero-order valence-electron chi connectivity index (χ0n) is 18.4. The highest BCUT2D eigenvalue weighted by atomic mass is 35.5. The van der Waals surface area contributed by atoms with Crippen molar-refractivity contribution in [3.05, 3.63) is 76.5 Å². The zero-order chi connectivity index (χ0) is 24.7. The van der Waals surface area contributed by atoms with Crippen LogP contribution in [0.5, 0.6) is 5.75 Å². The molecule has 10 heteroatoms. The van der Waals surface area contributed by atoms with E-state index in [1.807, 2.05) is 19.1 Å². The Hall–Kier alpha value is -4.11. The highest BCUT2D eigenvalue weighted by molar-refractivity contribution is 6.33. The molecule has 34 heavy (non-hydrogen) atoms. The fourth-order valence-electron chi connectivity index (χ4n) is 2.89. The van der Waals surface area contributed by atoms with Crippen LogP contribution in [0.4, 0.5) is 0 Å². The monoisotopic (exact) mass is 483 g/mol. The third kappa shape index (κ3) is 6.46. The highest BCUT2D eigenvalue weighted by Crippen LogP contribution is 2.26. The minimum Gasteiger partial charge on any atom is -0.484 e. The lowest BCUT2D eigenvalue weighted by atomic mass is 10.1. The van der Waals surface area contributed by atoms with Gasteiger partial charge >= 0.3 is 5.97 Å². The summed E-state index contributed by atoms with van der Waals surface area (Å²) < 4.78 is 11.1. The van der Waals surface area contributed by atoms with Crippen LogP contribution >= 0.6 is 11.6 Å². The van der Waals surface area contributed by atoms with E-state index < -0.39 is 23.8 Å². The lowest BCUT2D eigenvalue weighted by Crippen LogP contribution is -2.45. The molecule has 0 aliphatic rings. The number of para-hydroxylation sites is 1. The summed E-state index contributed by atoms with van der Waals surface area (Å²) in [5, 5.41) is 15.7. The number of aromatic carboxylic acids is 1. The largest absolute Gasteiger partial charge is 0.484 e. The minimum atomic E-state index is -1.15. The number of hydrogen-bond acceptors (Lipinski definition) is 6. The topological polar surface area (TPSA) is 130 Å². The molecule has 0 saturated carbocycles. The van der Waals surface area contributed by atoms with E-state index in [0.717, 1.165) is 5.56 Å². The molecule has 1 aromatic heterocycles. The molecule has 0 spiro atoms. The number of furan rings is 1. The van der Waals surface area contributed by atoms with E-state index in [1.54, 1.807) is 30.3 Å². The first kappa shape index (κ1) is 24.5. The molecule has 0 aliphatic heterocycles. The van der Waals surface area contributed by atoms with Gasteiger partial charge in [0, 0.05) is 5.56 Å². The Morgan fingerprint density at radius 2 is 1.94 bits per heavy atom. The number of carbonyl (C=O) groups is 3. The number of rotatable bonds is 9. The summed E-state index contributed by atoms with van der Waals surface area (Å²) in [6, 6.07) is 14.2. The van der Waals surface area contributed by atoms with E-state index in [2.05, 4.69) is 15.8 Å². The lowest BCUT2D eigenvalue weighted by Gasteiger charge is -2.13. The normalized spacial score (nSPS) is 11.7. The number of carbonyl (C=O) groups excluding carboxylic acids is 2. The van der Waals surface area contributed by atoms with Crippen LogP contribution < -0.4 is 15.5 Å². The van der Waals surface area contributed by atoms with Crippen molar-refractivity contribution in [3.63, 3.8) is 0 Å². The molecule has 0 radical (unpaired) electrons. The standard InChI is InChI=1S/C24H22ClN3O6/c1-14-5-3-4-6-20(14)33-13-22(29)27-15(2)23(30)28-26-12-17-8-10-21(34-17)16-7-9-19(25)18(11-16)24(31)32/h3-12,15H,13H2,1-2H3,(H,27,29)(H,28,30)(H,31,32)/b26-12+. The van der Waals surface area contributed by atoms with Gasteiger partial charge in [0.2, 0.25) is 0 Å². The number of carboxylic acid groups (broad SMARTS) is 1. The number of amides is 2. The smallest absolute Gasteiger partial charge is 0.337 e. The van der Waals surface area contributed by atoms with Gasteiger partial charge in [0.25, 0.3) is 11.8 Å². The second-order valence-electron chi connectivity index (χ2n) is 7.28. The number of carboxylic acids is 1. The number of hydrazone groups is 1. The number of aryl methyl sites for hydroxylation is 1. The van der Waals surface area contributed by atoms with E-state index in [1.165, 1.54) is 25.3 Å². The second-order valence-corrected chi connectivity index (χ2v) is 7.69. The first-order chi connectivity index (χ1) is 16.2. The summed E-state index contributed by atoms with van der Waals surface area (Å²) in [5.41, 5.74) is 3.70. The van der Waals surface area contributed by atoms with Crippen LogP contribution in [0.25, 0.3) is 11.3 Å². The van der Waals surface area contributed by atoms with Crippen LogP contribution in [0, 0.1) is 6.92 Å². The lowest BCUT2D eigenvalue weighted by molar-refractivity contribution is -0.129. The first-order valence-corrected chi connectivity index (χ1v) is 10.6. The Morgan fingerprint density at radius 1 is 1.18 bits per heavy atom. The van der Waals surface area contributed by atoms with Crippen molar-refractivity contribution in [2.24, 2.45) is 5.10 Å². The Bertz CT molecular complexity index is 1240. The van der Waals surface area contributed by atoms with Gasteiger partial charge in [-0.25, -0.2) is 10.2 Å². The molecule has 3 rings (SSSR count).